The van der Waals surface area contributed by atoms with Gasteiger partial charge in [0.2, 0.25) is 0 Å². The fraction of sp³-hybridized carbons (Fsp3) is 0.462. The van der Waals surface area contributed by atoms with Gasteiger partial charge in [0.05, 0.1) is 14.2 Å². The second-order valence-corrected chi connectivity index (χ2v) is 3.89. The first-order chi connectivity index (χ1) is 8.53. The first kappa shape index (κ1) is 14.3. The van der Waals surface area contributed by atoms with E-state index >= 15 is 0 Å². The van der Waals surface area contributed by atoms with Gasteiger partial charge < -0.3 is 19.5 Å². The molecular weight excluding hydrogens is 234 g/mol. The number of methoxy groups -OCH3 is 3. The highest BCUT2D eigenvalue weighted by Gasteiger charge is 2.15. The Morgan fingerprint density at radius 1 is 1.17 bits per heavy atom. The van der Waals surface area contributed by atoms with Crippen LogP contribution in [0.3, 0.4) is 0 Å². The Kier molecular flexibility index (Phi) is 4.97. The number of carbonyl (C=O) groups is 1. The molecule has 0 bridgehead atoms. The summed E-state index contributed by atoms with van der Waals surface area (Å²) in [7, 11) is 4.62. The summed E-state index contributed by atoms with van der Waals surface area (Å²) in [5.41, 5.74) is 1.57. The zero-order chi connectivity index (χ0) is 13.7. The molecule has 5 heteroatoms. The predicted molar refractivity (Wildman–Crippen MR) is 69.4 cm³/mol. The van der Waals surface area contributed by atoms with Gasteiger partial charge in [-0.15, -0.1) is 0 Å². The van der Waals surface area contributed by atoms with E-state index in [9.17, 15) is 4.79 Å². The molecule has 0 aliphatic carbocycles. The molecule has 1 amide bonds. The molecule has 5 nitrogen and oxygen atoms in total. The van der Waals surface area contributed by atoms with E-state index in [0.29, 0.717) is 17.2 Å². The van der Waals surface area contributed by atoms with Crippen LogP contribution in [-0.2, 0) is 9.53 Å². The average Bonchev–Trinajstić information content (AvgIpc) is 2.39. The second kappa shape index (κ2) is 6.26. The third-order valence-corrected chi connectivity index (χ3v) is 2.71. The van der Waals surface area contributed by atoms with Gasteiger partial charge in [0.25, 0.3) is 5.91 Å². The Morgan fingerprint density at radius 2 is 1.72 bits per heavy atom. The van der Waals surface area contributed by atoms with E-state index in [-0.39, 0.29) is 5.91 Å². The number of carbonyl (C=O) groups excluding carboxylic acids is 1. The van der Waals surface area contributed by atoms with Crippen LogP contribution in [0.1, 0.15) is 12.5 Å². The molecular formula is C13H19NO4. The Balaban J connectivity index is 2.99. The maximum absolute atomic E-state index is 11.7. The van der Waals surface area contributed by atoms with Gasteiger partial charge in [-0.05, 0) is 25.5 Å². The SMILES string of the molecule is COc1cc(C)c(NC(=O)C(C)OC)cc1OC. The summed E-state index contributed by atoms with van der Waals surface area (Å²) in [6.07, 6.45) is -0.502. The van der Waals surface area contributed by atoms with E-state index < -0.39 is 6.10 Å². The van der Waals surface area contributed by atoms with E-state index in [1.54, 1.807) is 27.2 Å². The highest BCUT2D eigenvalue weighted by Crippen LogP contribution is 2.32. The summed E-state index contributed by atoms with van der Waals surface area (Å²) in [6, 6.07) is 3.54. The third-order valence-electron chi connectivity index (χ3n) is 2.71. The van der Waals surface area contributed by atoms with Crippen LogP contribution >= 0.6 is 0 Å². The van der Waals surface area contributed by atoms with Crippen molar-refractivity contribution in [2.24, 2.45) is 0 Å². The number of rotatable bonds is 5. The van der Waals surface area contributed by atoms with Gasteiger partial charge in [0, 0.05) is 18.9 Å². The van der Waals surface area contributed by atoms with Crippen molar-refractivity contribution in [1.82, 2.24) is 0 Å². The van der Waals surface area contributed by atoms with Crippen molar-refractivity contribution in [3.8, 4) is 11.5 Å². The minimum atomic E-state index is -0.502. The summed E-state index contributed by atoms with van der Waals surface area (Å²) in [4.78, 5) is 11.7. The molecule has 0 heterocycles. The fourth-order valence-corrected chi connectivity index (χ4v) is 1.46. The molecule has 1 aromatic carbocycles. The minimum Gasteiger partial charge on any atom is -0.493 e. The standard InChI is InChI=1S/C13H19NO4/c1-8-6-11(17-4)12(18-5)7-10(8)14-13(15)9(2)16-3/h6-7,9H,1-5H3,(H,14,15). The van der Waals surface area contributed by atoms with Gasteiger partial charge in [0.1, 0.15) is 6.10 Å². The molecule has 0 aromatic heterocycles. The molecule has 0 radical (unpaired) electrons. The van der Waals surface area contributed by atoms with Crippen LogP contribution in [0.5, 0.6) is 11.5 Å². The van der Waals surface area contributed by atoms with Crippen LogP contribution < -0.4 is 14.8 Å². The van der Waals surface area contributed by atoms with Crippen LogP contribution in [0.4, 0.5) is 5.69 Å². The number of nitrogens with one attached hydrogen (secondary N) is 1. The van der Waals surface area contributed by atoms with E-state index in [1.165, 1.54) is 7.11 Å². The molecule has 0 aliphatic rings. The van der Waals surface area contributed by atoms with Crippen LogP contribution in [-0.4, -0.2) is 33.3 Å². The van der Waals surface area contributed by atoms with Crippen LogP contribution in [0, 0.1) is 6.92 Å². The van der Waals surface area contributed by atoms with Gasteiger partial charge >= 0.3 is 0 Å². The molecule has 0 saturated heterocycles. The number of aryl methyl sites for hydroxylation is 1. The Morgan fingerprint density at radius 3 is 2.22 bits per heavy atom. The quantitative estimate of drug-likeness (QED) is 0.871. The molecule has 1 N–H and O–H groups in total. The lowest BCUT2D eigenvalue weighted by Gasteiger charge is -2.15. The summed E-state index contributed by atoms with van der Waals surface area (Å²) in [6.45, 7) is 3.57. The van der Waals surface area contributed by atoms with Crippen molar-refractivity contribution in [3.63, 3.8) is 0 Å². The number of anilines is 1. The number of benzene rings is 1. The number of hydrogen-bond donors (Lipinski definition) is 1. The first-order valence-electron chi connectivity index (χ1n) is 5.59. The molecule has 0 fully saturated rings. The van der Waals surface area contributed by atoms with Gasteiger partial charge in [-0.3, -0.25) is 4.79 Å². The molecule has 0 saturated carbocycles. The fourth-order valence-electron chi connectivity index (χ4n) is 1.46. The summed E-state index contributed by atoms with van der Waals surface area (Å²) in [5, 5.41) is 2.79. The highest BCUT2D eigenvalue weighted by atomic mass is 16.5. The molecule has 0 aliphatic heterocycles. The van der Waals surface area contributed by atoms with Crippen molar-refractivity contribution < 1.29 is 19.0 Å². The monoisotopic (exact) mass is 253 g/mol. The van der Waals surface area contributed by atoms with E-state index in [2.05, 4.69) is 5.32 Å². The Bertz CT molecular complexity index is 431. The lowest BCUT2D eigenvalue weighted by Crippen LogP contribution is -2.26. The molecule has 0 spiro atoms. The van der Waals surface area contributed by atoms with Crippen LogP contribution in [0.25, 0.3) is 0 Å². The van der Waals surface area contributed by atoms with Crippen molar-refractivity contribution in [2.45, 2.75) is 20.0 Å². The van der Waals surface area contributed by atoms with Gasteiger partial charge in [-0.2, -0.15) is 0 Å². The summed E-state index contributed by atoms with van der Waals surface area (Å²) in [5.74, 6) is 1.00. The van der Waals surface area contributed by atoms with Crippen LogP contribution in [0.2, 0.25) is 0 Å². The smallest absolute Gasteiger partial charge is 0.253 e. The summed E-state index contributed by atoms with van der Waals surface area (Å²) >= 11 is 0. The Labute approximate surface area is 107 Å². The lowest BCUT2D eigenvalue weighted by molar-refractivity contribution is -0.124. The zero-order valence-corrected chi connectivity index (χ0v) is 11.4. The Hall–Kier alpha value is -1.75. The van der Waals surface area contributed by atoms with E-state index in [1.807, 2.05) is 13.0 Å². The van der Waals surface area contributed by atoms with Crippen molar-refractivity contribution in [3.05, 3.63) is 17.7 Å². The number of amides is 1. The zero-order valence-electron chi connectivity index (χ0n) is 11.4. The second-order valence-electron chi connectivity index (χ2n) is 3.89. The average molecular weight is 253 g/mol. The highest BCUT2D eigenvalue weighted by molar-refractivity contribution is 5.94. The van der Waals surface area contributed by atoms with Gasteiger partial charge in [0.15, 0.2) is 11.5 Å². The predicted octanol–water partition coefficient (Wildman–Crippen LogP) is 1.99. The van der Waals surface area contributed by atoms with Gasteiger partial charge in [-0.1, -0.05) is 0 Å². The van der Waals surface area contributed by atoms with E-state index in [0.717, 1.165) is 5.56 Å². The van der Waals surface area contributed by atoms with Crippen molar-refractivity contribution in [2.75, 3.05) is 26.6 Å². The normalized spacial score (nSPS) is 11.8. The van der Waals surface area contributed by atoms with Crippen molar-refractivity contribution in [1.29, 1.82) is 0 Å². The number of hydrogen-bond acceptors (Lipinski definition) is 4. The molecule has 1 rings (SSSR count). The first-order valence-corrected chi connectivity index (χ1v) is 5.59. The maximum atomic E-state index is 11.7. The van der Waals surface area contributed by atoms with Crippen LogP contribution in [0.15, 0.2) is 12.1 Å². The van der Waals surface area contributed by atoms with Gasteiger partial charge in [-0.25, -0.2) is 0 Å². The maximum Gasteiger partial charge on any atom is 0.253 e. The molecule has 100 valence electrons. The molecule has 18 heavy (non-hydrogen) atoms. The minimum absolute atomic E-state index is 0.201. The third kappa shape index (κ3) is 3.13. The number of ether oxygens (including phenoxy) is 3. The van der Waals surface area contributed by atoms with Crippen molar-refractivity contribution >= 4 is 11.6 Å². The largest absolute Gasteiger partial charge is 0.493 e. The molecule has 1 atom stereocenters. The molecule has 1 aromatic rings. The lowest BCUT2D eigenvalue weighted by atomic mass is 10.1. The summed E-state index contributed by atoms with van der Waals surface area (Å²) < 4.78 is 15.3. The van der Waals surface area contributed by atoms with E-state index in [4.69, 9.17) is 14.2 Å². The molecule has 1 unspecified atom stereocenters. The topological polar surface area (TPSA) is 56.8 Å².